The van der Waals surface area contributed by atoms with Crippen molar-refractivity contribution in [3.8, 4) is 11.5 Å². The largest absolute Gasteiger partial charge is 0.493 e. The van der Waals surface area contributed by atoms with E-state index in [1.807, 2.05) is 17.0 Å². The van der Waals surface area contributed by atoms with Gasteiger partial charge in [-0.25, -0.2) is 13.6 Å². The molecule has 0 bridgehead atoms. The Balaban J connectivity index is 1.36. The van der Waals surface area contributed by atoms with Crippen LogP contribution in [-0.2, 0) is 10.2 Å². The summed E-state index contributed by atoms with van der Waals surface area (Å²) in [6.45, 7) is 2.95. The molecule has 3 fully saturated rings. The van der Waals surface area contributed by atoms with E-state index in [1.54, 1.807) is 14.2 Å². The van der Waals surface area contributed by atoms with Crippen LogP contribution in [0.3, 0.4) is 0 Å². The molecule has 2 aliphatic heterocycles. The number of methoxy groups -OCH3 is 2. The molecule has 5 rings (SSSR count). The van der Waals surface area contributed by atoms with Gasteiger partial charge >= 0.3 is 6.03 Å². The van der Waals surface area contributed by atoms with Crippen molar-refractivity contribution in [2.24, 2.45) is 0 Å². The maximum atomic E-state index is 13.6. The summed E-state index contributed by atoms with van der Waals surface area (Å²) in [6, 6.07) is 8.46. The van der Waals surface area contributed by atoms with Crippen LogP contribution < -0.4 is 20.1 Å². The minimum atomic E-state index is -1.02. The Hall–Kier alpha value is -3.40. The normalized spacial score (nSPS) is 24.8. The molecule has 10 heteroatoms. The third-order valence-electron chi connectivity index (χ3n) is 8.61. The zero-order chi connectivity index (χ0) is 27.6. The van der Waals surface area contributed by atoms with E-state index in [0.29, 0.717) is 37.4 Å². The number of amides is 3. The van der Waals surface area contributed by atoms with E-state index in [9.17, 15) is 18.4 Å². The summed E-state index contributed by atoms with van der Waals surface area (Å²) in [5.74, 6) is -0.575. The summed E-state index contributed by atoms with van der Waals surface area (Å²) in [5, 5.41) is 5.59. The number of likely N-dealkylation sites (tertiary alicyclic amines) is 2. The lowest BCUT2D eigenvalue weighted by Crippen LogP contribution is -2.55. The van der Waals surface area contributed by atoms with Gasteiger partial charge in [0.05, 0.1) is 20.8 Å². The fourth-order valence-electron chi connectivity index (χ4n) is 6.61. The van der Waals surface area contributed by atoms with Crippen molar-refractivity contribution in [1.82, 2.24) is 15.1 Å². The van der Waals surface area contributed by atoms with E-state index in [4.69, 9.17) is 9.47 Å². The van der Waals surface area contributed by atoms with Gasteiger partial charge in [0, 0.05) is 35.8 Å². The Morgan fingerprint density at radius 2 is 1.74 bits per heavy atom. The molecule has 0 aromatic heterocycles. The van der Waals surface area contributed by atoms with Crippen LogP contribution in [0.5, 0.6) is 11.5 Å². The maximum Gasteiger partial charge on any atom is 0.319 e. The molecule has 210 valence electrons. The molecule has 0 radical (unpaired) electrons. The molecule has 3 aliphatic rings. The van der Waals surface area contributed by atoms with E-state index >= 15 is 0 Å². The van der Waals surface area contributed by atoms with Crippen molar-refractivity contribution >= 4 is 17.6 Å². The zero-order valence-corrected chi connectivity index (χ0v) is 22.5. The van der Waals surface area contributed by atoms with Crippen LogP contribution in [0.25, 0.3) is 0 Å². The second kappa shape index (κ2) is 11.4. The highest BCUT2D eigenvalue weighted by Gasteiger charge is 2.53. The van der Waals surface area contributed by atoms with Crippen LogP contribution in [0.2, 0.25) is 0 Å². The van der Waals surface area contributed by atoms with Crippen LogP contribution in [0.4, 0.5) is 19.3 Å². The minimum absolute atomic E-state index is 0.104. The van der Waals surface area contributed by atoms with E-state index < -0.39 is 17.7 Å². The molecule has 2 heterocycles. The molecule has 39 heavy (non-hydrogen) atoms. The van der Waals surface area contributed by atoms with Crippen LogP contribution in [0, 0.1) is 11.6 Å². The lowest BCUT2D eigenvalue weighted by Gasteiger charge is -2.45. The summed E-state index contributed by atoms with van der Waals surface area (Å²) in [4.78, 5) is 30.5. The predicted molar refractivity (Wildman–Crippen MR) is 143 cm³/mol. The highest BCUT2D eigenvalue weighted by atomic mass is 19.2. The third-order valence-corrected chi connectivity index (χ3v) is 8.61. The summed E-state index contributed by atoms with van der Waals surface area (Å²) in [7, 11) is 3.22. The lowest BCUT2D eigenvalue weighted by atomic mass is 9.65. The number of rotatable bonds is 7. The number of nitrogens with one attached hydrogen (secondary N) is 2. The van der Waals surface area contributed by atoms with E-state index in [0.717, 1.165) is 56.5 Å². The van der Waals surface area contributed by atoms with Gasteiger partial charge in [0.2, 0.25) is 5.91 Å². The first kappa shape index (κ1) is 27.2. The fraction of sp³-hybridized carbons (Fsp3) is 0.517. The summed E-state index contributed by atoms with van der Waals surface area (Å²) in [6.07, 6.45) is 5.13. The van der Waals surface area contributed by atoms with Gasteiger partial charge in [-0.2, -0.15) is 0 Å². The van der Waals surface area contributed by atoms with Crippen molar-refractivity contribution in [2.75, 3.05) is 45.7 Å². The SMILES string of the molecule is COc1ccc(C23CCC(NC(=O)Nc4ccc(F)c(F)c4)CC2N(C(=O)CN2CCCC2)CC3)cc1OC. The Labute approximate surface area is 227 Å². The molecule has 3 atom stereocenters. The number of carbonyl (C=O) groups is 2. The van der Waals surface area contributed by atoms with E-state index in [2.05, 4.69) is 21.6 Å². The molecule has 1 aliphatic carbocycles. The number of nitrogens with zero attached hydrogens (tertiary/aromatic N) is 2. The molecular formula is C29H36F2N4O4. The van der Waals surface area contributed by atoms with Gasteiger partial charge in [-0.3, -0.25) is 9.69 Å². The van der Waals surface area contributed by atoms with Gasteiger partial charge in [0.15, 0.2) is 23.1 Å². The van der Waals surface area contributed by atoms with Crippen LogP contribution in [-0.4, -0.2) is 74.2 Å². The first-order valence-electron chi connectivity index (χ1n) is 13.6. The first-order valence-corrected chi connectivity index (χ1v) is 13.6. The Kier molecular flexibility index (Phi) is 7.93. The highest BCUT2D eigenvalue weighted by molar-refractivity contribution is 5.89. The Bertz CT molecular complexity index is 1220. The van der Waals surface area contributed by atoms with Crippen molar-refractivity contribution < 1.29 is 27.8 Å². The highest BCUT2D eigenvalue weighted by Crippen LogP contribution is 2.50. The van der Waals surface area contributed by atoms with Gasteiger partial charge < -0.3 is 25.0 Å². The number of ether oxygens (including phenoxy) is 2. The second-order valence-electron chi connectivity index (χ2n) is 10.8. The third kappa shape index (κ3) is 5.52. The lowest BCUT2D eigenvalue weighted by molar-refractivity contribution is -0.134. The molecular weight excluding hydrogens is 506 g/mol. The number of fused-ring (bicyclic) bond motifs is 1. The second-order valence-corrected chi connectivity index (χ2v) is 10.8. The molecule has 8 nitrogen and oxygen atoms in total. The molecule has 3 amide bonds. The average molecular weight is 543 g/mol. The number of benzene rings is 2. The molecule has 2 aromatic carbocycles. The minimum Gasteiger partial charge on any atom is -0.493 e. The van der Waals surface area contributed by atoms with Crippen molar-refractivity contribution in [2.45, 2.75) is 56.0 Å². The molecule has 3 unspecified atom stereocenters. The van der Waals surface area contributed by atoms with E-state index in [-0.39, 0.29) is 29.1 Å². The topological polar surface area (TPSA) is 83.1 Å². The van der Waals surface area contributed by atoms with Crippen molar-refractivity contribution in [1.29, 1.82) is 0 Å². The molecule has 2 N–H and O–H groups in total. The first-order chi connectivity index (χ1) is 18.8. The summed E-state index contributed by atoms with van der Waals surface area (Å²) >= 11 is 0. The predicted octanol–water partition coefficient (Wildman–Crippen LogP) is 4.29. The summed E-state index contributed by atoms with van der Waals surface area (Å²) < 4.78 is 37.9. The van der Waals surface area contributed by atoms with E-state index in [1.165, 1.54) is 6.07 Å². The smallest absolute Gasteiger partial charge is 0.319 e. The number of carbonyl (C=O) groups excluding carboxylic acids is 2. The van der Waals surface area contributed by atoms with Crippen LogP contribution >= 0.6 is 0 Å². The van der Waals surface area contributed by atoms with Gasteiger partial charge in [0.1, 0.15) is 0 Å². The van der Waals surface area contributed by atoms with Crippen molar-refractivity contribution in [3.05, 3.63) is 53.6 Å². The fourth-order valence-corrected chi connectivity index (χ4v) is 6.61. The standard InChI is InChI=1S/C29H36F2N4O4/c1-38-24-8-5-19(15-25(24)39-2)29-10-9-21(33-28(37)32-20-6-7-22(30)23(31)16-20)17-26(29)35(14-11-29)27(36)18-34-12-3-4-13-34/h5-8,15-16,21,26H,3-4,9-14,17-18H2,1-2H3,(H2,32,33,37). The molecule has 1 saturated carbocycles. The number of halogens is 2. The average Bonchev–Trinajstić information content (AvgIpc) is 3.58. The molecule has 2 aromatic rings. The number of anilines is 1. The molecule has 2 saturated heterocycles. The van der Waals surface area contributed by atoms with Crippen LogP contribution in [0.1, 0.15) is 44.1 Å². The Morgan fingerprint density at radius 1 is 0.974 bits per heavy atom. The quantitative estimate of drug-likeness (QED) is 0.546. The number of hydrogen-bond acceptors (Lipinski definition) is 5. The Morgan fingerprint density at radius 3 is 2.46 bits per heavy atom. The zero-order valence-electron chi connectivity index (χ0n) is 22.5. The number of urea groups is 1. The van der Waals surface area contributed by atoms with Gasteiger partial charge in [-0.15, -0.1) is 0 Å². The molecule has 0 spiro atoms. The monoisotopic (exact) mass is 542 g/mol. The number of hydrogen-bond donors (Lipinski definition) is 2. The van der Waals surface area contributed by atoms with Gasteiger partial charge in [-0.05, 0) is 81.4 Å². The van der Waals surface area contributed by atoms with Gasteiger partial charge in [0.25, 0.3) is 0 Å². The van der Waals surface area contributed by atoms with Crippen molar-refractivity contribution in [3.63, 3.8) is 0 Å². The van der Waals surface area contributed by atoms with Gasteiger partial charge in [-0.1, -0.05) is 6.07 Å². The van der Waals surface area contributed by atoms with Crippen LogP contribution in [0.15, 0.2) is 36.4 Å². The maximum absolute atomic E-state index is 13.6. The summed E-state index contributed by atoms with van der Waals surface area (Å²) in [5.41, 5.74) is 1.01.